The second-order valence-electron chi connectivity index (χ2n) is 4.99. The zero-order chi connectivity index (χ0) is 15.4. The molecular weight excluding hydrogens is 336 g/mol. The van der Waals surface area contributed by atoms with Crippen molar-refractivity contribution in [2.24, 2.45) is 0 Å². The Morgan fingerprint density at radius 1 is 1.38 bits per heavy atom. The molecule has 0 radical (unpaired) electrons. The molecule has 2 rings (SSSR count). The van der Waals surface area contributed by atoms with Crippen LogP contribution in [0.5, 0.6) is 5.75 Å². The molecule has 1 N–H and O–H groups in total. The van der Waals surface area contributed by atoms with Crippen molar-refractivity contribution in [3.8, 4) is 5.75 Å². The highest BCUT2D eigenvalue weighted by Crippen LogP contribution is 2.18. The van der Waals surface area contributed by atoms with Gasteiger partial charge in [0.25, 0.3) is 0 Å². The number of carbonyl (C=O) groups is 2. The van der Waals surface area contributed by atoms with Crippen LogP contribution in [0.3, 0.4) is 0 Å². The van der Waals surface area contributed by atoms with Crippen LogP contribution >= 0.6 is 15.9 Å². The molecule has 2 unspecified atom stereocenters. The fraction of sp³-hybridized carbons (Fsp3) is 0.467. The van der Waals surface area contributed by atoms with Gasteiger partial charge in [0.05, 0.1) is 6.54 Å². The highest BCUT2D eigenvalue weighted by molar-refractivity contribution is 9.10. The van der Waals surface area contributed by atoms with Crippen molar-refractivity contribution in [1.82, 2.24) is 10.2 Å². The Labute approximate surface area is 132 Å². The smallest absolute Gasteiger partial charge is 0.245 e. The Morgan fingerprint density at radius 2 is 2.14 bits per heavy atom. The lowest BCUT2D eigenvalue weighted by molar-refractivity contribution is -0.149. The maximum Gasteiger partial charge on any atom is 0.245 e. The second kappa shape index (κ2) is 6.93. The summed E-state index contributed by atoms with van der Waals surface area (Å²) in [7, 11) is 0. The average Bonchev–Trinajstić information content (AvgIpc) is 2.44. The number of hydrogen-bond acceptors (Lipinski definition) is 3. The Morgan fingerprint density at radius 3 is 2.81 bits per heavy atom. The zero-order valence-electron chi connectivity index (χ0n) is 12.1. The molecule has 6 heteroatoms. The zero-order valence-corrected chi connectivity index (χ0v) is 13.7. The molecule has 1 aromatic rings. The highest BCUT2D eigenvalue weighted by atomic mass is 79.9. The normalized spacial score (nSPS) is 22.1. The third-order valence-electron chi connectivity index (χ3n) is 3.47. The van der Waals surface area contributed by atoms with E-state index in [4.69, 9.17) is 4.74 Å². The second-order valence-corrected chi connectivity index (χ2v) is 5.91. The SMILES string of the molecule is CCC1C(=O)NC(C)C(=O)N1CCOc1cccc(Br)c1. The van der Waals surface area contributed by atoms with Crippen LogP contribution in [0.4, 0.5) is 0 Å². The van der Waals surface area contributed by atoms with Crippen molar-refractivity contribution < 1.29 is 14.3 Å². The van der Waals surface area contributed by atoms with Crippen molar-refractivity contribution in [3.63, 3.8) is 0 Å². The van der Waals surface area contributed by atoms with Gasteiger partial charge in [-0.05, 0) is 31.5 Å². The number of carbonyl (C=O) groups excluding carboxylic acids is 2. The summed E-state index contributed by atoms with van der Waals surface area (Å²) < 4.78 is 6.58. The van der Waals surface area contributed by atoms with Crippen LogP contribution in [-0.4, -0.2) is 41.9 Å². The molecule has 1 heterocycles. The van der Waals surface area contributed by atoms with E-state index < -0.39 is 12.1 Å². The third kappa shape index (κ3) is 3.75. The molecule has 0 bridgehead atoms. The standard InChI is InChI=1S/C15H19BrN2O3/c1-3-13-14(19)17-10(2)15(20)18(13)7-8-21-12-6-4-5-11(16)9-12/h4-6,9-10,13H,3,7-8H2,1-2H3,(H,17,19). The predicted molar refractivity (Wildman–Crippen MR) is 83.0 cm³/mol. The molecule has 5 nitrogen and oxygen atoms in total. The molecule has 1 aliphatic heterocycles. The van der Waals surface area contributed by atoms with Crippen LogP contribution in [0.15, 0.2) is 28.7 Å². The van der Waals surface area contributed by atoms with E-state index in [0.29, 0.717) is 19.6 Å². The number of halogens is 1. The van der Waals surface area contributed by atoms with Gasteiger partial charge in [-0.3, -0.25) is 9.59 Å². The summed E-state index contributed by atoms with van der Waals surface area (Å²) >= 11 is 3.38. The first kappa shape index (κ1) is 15.8. The molecule has 114 valence electrons. The molecule has 1 aliphatic rings. The van der Waals surface area contributed by atoms with E-state index >= 15 is 0 Å². The van der Waals surface area contributed by atoms with Gasteiger partial charge in [-0.15, -0.1) is 0 Å². The molecule has 0 aliphatic carbocycles. The predicted octanol–water partition coefficient (Wildman–Crippen LogP) is 1.95. The largest absolute Gasteiger partial charge is 0.492 e. The molecule has 1 aromatic carbocycles. The van der Waals surface area contributed by atoms with E-state index in [-0.39, 0.29) is 11.8 Å². The Bertz CT molecular complexity index is 535. The number of ether oxygens (including phenoxy) is 1. The average molecular weight is 355 g/mol. The number of amides is 2. The Kier molecular flexibility index (Phi) is 5.22. The number of benzene rings is 1. The van der Waals surface area contributed by atoms with E-state index in [1.807, 2.05) is 31.2 Å². The molecule has 2 amide bonds. The highest BCUT2D eigenvalue weighted by Gasteiger charge is 2.37. The van der Waals surface area contributed by atoms with Crippen LogP contribution in [-0.2, 0) is 9.59 Å². The van der Waals surface area contributed by atoms with Gasteiger partial charge < -0.3 is 15.0 Å². The number of nitrogens with zero attached hydrogens (tertiary/aromatic N) is 1. The summed E-state index contributed by atoms with van der Waals surface area (Å²) in [4.78, 5) is 25.7. The fourth-order valence-electron chi connectivity index (χ4n) is 2.41. The van der Waals surface area contributed by atoms with Crippen molar-refractivity contribution >= 4 is 27.7 Å². The van der Waals surface area contributed by atoms with Gasteiger partial charge in [-0.25, -0.2) is 0 Å². The van der Waals surface area contributed by atoms with Crippen molar-refractivity contribution in [2.45, 2.75) is 32.4 Å². The maximum atomic E-state index is 12.2. The van der Waals surface area contributed by atoms with Gasteiger partial charge in [-0.1, -0.05) is 28.9 Å². The van der Waals surface area contributed by atoms with Crippen molar-refractivity contribution in [3.05, 3.63) is 28.7 Å². The molecule has 0 aromatic heterocycles. The number of hydrogen-bond donors (Lipinski definition) is 1. The van der Waals surface area contributed by atoms with E-state index in [1.165, 1.54) is 0 Å². The van der Waals surface area contributed by atoms with E-state index in [1.54, 1.807) is 11.8 Å². The van der Waals surface area contributed by atoms with E-state index in [9.17, 15) is 9.59 Å². The van der Waals surface area contributed by atoms with Gasteiger partial charge >= 0.3 is 0 Å². The first-order valence-corrected chi connectivity index (χ1v) is 7.81. The van der Waals surface area contributed by atoms with Gasteiger partial charge in [0.2, 0.25) is 11.8 Å². The molecular formula is C15H19BrN2O3. The third-order valence-corrected chi connectivity index (χ3v) is 3.97. The number of rotatable bonds is 5. The molecule has 0 saturated carbocycles. The van der Waals surface area contributed by atoms with Gasteiger partial charge in [0.1, 0.15) is 24.4 Å². The van der Waals surface area contributed by atoms with Crippen LogP contribution in [0.25, 0.3) is 0 Å². The summed E-state index contributed by atoms with van der Waals surface area (Å²) in [5.74, 6) is 0.589. The quantitative estimate of drug-likeness (QED) is 0.879. The summed E-state index contributed by atoms with van der Waals surface area (Å²) in [6.07, 6.45) is 0.598. The fourth-order valence-corrected chi connectivity index (χ4v) is 2.78. The summed E-state index contributed by atoms with van der Waals surface area (Å²) in [5.41, 5.74) is 0. The summed E-state index contributed by atoms with van der Waals surface area (Å²) in [6.45, 7) is 4.37. The first-order valence-electron chi connectivity index (χ1n) is 7.02. The molecule has 1 saturated heterocycles. The lowest BCUT2D eigenvalue weighted by Gasteiger charge is -2.37. The van der Waals surface area contributed by atoms with Gasteiger partial charge in [0.15, 0.2) is 0 Å². The minimum absolute atomic E-state index is 0.0562. The molecule has 0 spiro atoms. The van der Waals surface area contributed by atoms with Crippen LogP contribution in [0.2, 0.25) is 0 Å². The van der Waals surface area contributed by atoms with E-state index in [0.717, 1.165) is 10.2 Å². The van der Waals surface area contributed by atoms with Crippen molar-refractivity contribution in [1.29, 1.82) is 0 Å². The van der Waals surface area contributed by atoms with Gasteiger partial charge in [-0.2, -0.15) is 0 Å². The van der Waals surface area contributed by atoms with Crippen molar-refractivity contribution in [2.75, 3.05) is 13.2 Å². The number of nitrogens with one attached hydrogen (secondary N) is 1. The molecule has 2 atom stereocenters. The topological polar surface area (TPSA) is 58.6 Å². The van der Waals surface area contributed by atoms with Gasteiger partial charge in [0, 0.05) is 4.47 Å². The Balaban J connectivity index is 1.96. The minimum Gasteiger partial charge on any atom is -0.492 e. The number of piperazine rings is 1. The maximum absolute atomic E-state index is 12.2. The van der Waals surface area contributed by atoms with Crippen LogP contribution < -0.4 is 10.1 Å². The lowest BCUT2D eigenvalue weighted by Crippen LogP contribution is -2.62. The minimum atomic E-state index is -0.467. The summed E-state index contributed by atoms with van der Waals surface area (Å²) in [6, 6.07) is 6.65. The van der Waals surface area contributed by atoms with E-state index in [2.05, 4.69) is 21.2 Å². The monoisotopic (exact) mass is 354 g/mol. The van der Waals surface area contributed by atoms with Crippen LogP contribution in [0.1, 0.15) is 20.3 Å². The van der Waals surface area contributed by atoms with Crippen LogP contribution in [0, 0.1) is 0 Å². The summed E-state index contributed by atoms with van der Waals surface area (Å²) in [5, 5.41) is 2.70. The molecule has 1 fully saturated rings. The Hall–Kier alpha value is -1.56. The molecule has 21 heavy (non-hydrogen) atoms. The first-order chi connectivity index (χ1) is 10.0. The lowest BCUT2D eigenvalue weighted by atomic mass is 10.1.